The van der Waals surface area contributed by atoms with Crippen LogP contribution in [0.2, 0.25) is 0 Å². The van der Waals surface area contributed by atoms with Gasteiger partial charge < -0.3 is 15.4 Å². The molecule has 1 amide bonds. The number of halogens is 2. The maximum absolute atomic E-state index is 13.6. The van der Waals surface area contributed by atoms with Gasteiger partial charge in [0, 0.05) is 24.1 Å². The summed E-state index contributed by atoms with van der Waals surface area (Å²) in [5.74, 6) is -1.88. The Hall–Kier alpha value is -2.80. The summed E-state index contributed by atoms with van der Waals surface area (Å²) in [7, 11) is 0. The molecule has 2 aromatic carbocycles. The van der Waals surface area contributed by atoms with Crippen molar-refractivity contribution in [3.63, 3.8) is 0 Å². The number of hydrogen-bond acceptors (Lipinski definition) is 4. The minimum absolute atomic E-state index is 0.0856. The van der Waals surface area contributed by atoms with Gasteiger partial charge in [0.1, 0.15) is 5.75 Å². The topological polar surface area (TPSA) is 67.4 Å². The van der Waals surface area contributed by atoms with E-state index in [4.69, 9.17) is 4.74 Å². The van der Waals surface area contributed by atoms with Crippen molar-refractivity contribution in [2.75, 3.05) is 19.7 Å². The molecule has 0 radical (unpaired) electrons. The van der Waals surface area contributed by atoms with Gasteiger partial charge in [-0.2, -0.15) is 0 Å². The smallest absolute Gasteiger partial charge is 0.258 e. The maximum atomic E-state index is 13.6. The van der Waals surface area contributed by atoms with E-state index in [-0.39, 0.29) is 30.3 Å². The highest BCUT2D eigenvalue weighted by Gasteiger charge is 2.28. The minimum Gasteiger partial charge on any atom is -0.484 e. The molecule has 2 N–H and O–H groups in total. The lowest BCUT2D eigenvalue weighted by molar-refractivity contribution is -0.124. The summed E-state index contributed by atoms with van der Waals surface area (Å²) < 4.78 is 32.3. The van der Waals surface area contributed by atoms with E-state index < -0.39 is 11.6 Å². The molecule has 1 fully saturated rings. The second kappa shape index (κ2) is 8.93. The maximum Gasteiger partial charge on any atom is 0.258 e. The van der Waals surface area contributed by atoms with Crippen molar-refractivity contribution in [3.8, 4) is 5.75 Å². The SMILES string of the molecule is CC(=O)c1cccc(OCC(=O)NC2CNCCC2c2ccc(F)c(F)c2)c1. The van der Waals surface area contributed by atoms with Crippen LogP contribution in [-0.4, -0.2) is 37.4 Å². The van der Waals surface area contributed by atoms with Gasteiger partial charge in [-0.05, 0) is 49.7 Å². The molecule has 0 aliphatic carbocycles. The average molecular weight is 388 g/mol. The average Bonchev–Trinajstić information content (AvgIpc) is 2.69. The number of carbonyl (C=O) groups is 2. The Labute approximate surface area is 162 Å². The van der Waals surface area contributed by atoms with Gasteiger partial charge in [-0.1, -0.05) is 18.2 Å². The van der Waals surface area contributed by atoms with Crippen LogP contribution in [-0.2, 0) is 4.79 Å². The van der Waals surface area contributed by atoms with Crippen molar-refractivity contribution in [1.82, 2.24) is 10.6 Å². The molecule has 0 bridgehead atoms. The Morgan fingerprint density at radius 2 is 2.00 bits per heavy atom. The lowest BCUT2D eigenvalue weighted by Gasteiger charge is -2.33. The molecule has 1 aliphatic rings. The number of carbonyl (C=O) groups excluding carboxylic acids is 2. The van der Waals surface area contributed by atoms with Gasteiger partial charge in [-0.3, -0.25) is 9.59 Å². The highest BCUT2D eigenvalue weighted by atomic mass is 19.2. The van der Waals surface area contributed by atoms with E-state index in [2.05, 4.69) is 10.6 Å². The van der Waals surface area contributed by atoms with Crippen molar-refractivity contribution < 1.29 is 23.1 Å². The first kappa shape index (κ1) is 19.9. The van der Waals surface area contributed by atoms with Gasteiger partial charge in [0.25, 0.3) is 5.91 Å². The lowest BCUT2D eigenvalue weighted by atomic mass is 9.86. The van der Waals surface area contributed by atoms with Crippen LogP contribution in [0.5, 0.6) is 5.75 Å². The second-order valence-electron chi connectivity index (χ2n) is 6.82. The summed E-state index contributed by atoms with van der Waals surface area (Å²) in [5.41, 5.74) is 1.16. The summed E-state index contributed by atoms with van der Waals surface area (Å²) in [6.07, 6.45) is 0.692. The monoisotopic (exact) mass is 388 g/mol. The van der Waals surface area contributed by atoms with Crippen LogP contribution in [0.25, 0.3) is 0 Å². The summed E-state index contributed by atoms with van der Waals surface area (Å²) in [6, 6.07) is 10.2. The van der Waals surface area contributed by atoms with Crippen LogP contribution in [0, 0.1) is 11.6 Å². The molecule has 1 saturated heterocycles. The van der Waals surface area contributed by atoms with E-state index >= 15 is 0 Å². The molecule has 2 aromatic rings. The van der Waals surface area contributed by atoms with Gasteiger partial charge >= 0.3 is 0 Å². The molecule has 5 nitrogen and oxygen atoms in total. The van der Waals surface area contributed by atoms with E-state index in [1.54, 1.807) is 30.3 Å². The fraction of sp³-hybridized carbons (Fsp3) is 0.333. The van der Waals surface area contributed by atoms with Crippen LogP contribution >= 0.6 is 0 Å². The normalized spacial score (nSPS) is 19.1. The third kappa shape index (κ3) is 4.92. The Morgan fingerprint density at radius 3 is 2.75 bits per heavy atom. The molecule has 148 valence electrons. The standard InChI is InChI=1S/C21H22F2N2O3/c1-13(26)14-3-2-4-16(9-14)28-12-21(27)25-20-11-24-8-7-17(20)15-5-6-18(22)19(23)10-15/h2-6,9-10,17,20,24H,7-8,11-12H2,1H3,(H,25,27). The van der Waals surface area contributed by atoms with Gasteiger partial charge in [-0.15, -0.1) is 0 Å². The zero-order valence-corrected chi connectivity index (χ0v) is 15.5. The number of nitrogens with one attached hydrogen (secondary N) is 2. The third-order valence-electron chi connectivity index (χ3n) is 4.81. The number of piperidine rings is 1. The second-order valence-corrected chi connectivity index (χ2v) is 6.82. The van der Waals surface area contributed by atoms with Crippen molar-refractivity contribution in [2.45, 2.75) is 25.3 Å². The van der Waals surface area contributed by atoms with Crippen LogP contribution < -0.4 is 15.4 Å². The Bertz CT molecular complexity index is 872. The zero-order chi connectivity index (χ0) is 20.1. The first-order chi connectivity index (χ1) is 13.4. The van der Waals surface area contributed by atoms with Crippen LogP contribution in [0.15, 0.2) is 42.5 Å². The highest BCUT2D eigenvalue weighted by Crippen LogP contribution is 2.27. The fourth-order valence-corrected chi connectivity index (χ4v) is 3.35. The molecule has 3 rings (SSSR count). The molecule has 28 heavy (non-hydrogen) atoms. The summed E-state index contributed by atoms with van der Waals surface area (Å²) in [6.45, 7) is 2.50. The van der Waals surface area contributed by atoms with Crippen LogP contribution in [0.1, 0.15) is 35.2 Å². The third-order valence-corrected chi connectivity index (χ3v) is 4.81. The first-order valence-corrected chi connectivity index (χ1v) is 9.13. The van der Waals surface area contributed by atoms with E-state index in [0.717, 1.165) is 12.6 Å². The van der Waals surface area contributed by atoms with Crippen molar-refractivity contribution >= 4 is 11.7 Å². The van der Waals surface area contributed by atoms with Gasteiger partial charge in [0.15, 0.2) is 24.0 Å². The predicted octanol–water partition coefficient (Wildman–Crippen LogP) is 2.81. The van der Waals surface area contributed by atoms with Gasteiger partial charge in [-0.25, -0.2) is 8.78 Å². The number of hydrogen-bond donors (Lipinski definition) is 2. The Morgan fingerprint density at radius 1 is 1.18 bits per heavy atom. The molecular formula is C21H22F2N2O3. The van der Waals surface area contributed by atoms with Crippen molar-refractivity contribution in [2.24, 2.45) is 0 Å². The van der Waals surface area contributed by atoms with Gasteiger partial charge in [0.05, 0.1) is 0 Å². The van der Waals surface area contributed by atoms with E-state index in [9.17, 15) is 18.4 Å². The summed E-state index contributed by atoms with van der Waals surface area (Å²) in [4.78, 5) is 23.8. The van der Waals surface area contributed by atoms with Crippen LogP contribution in [0.3, 0.4) is 0 Å². The molecule has 2 unspecified atom stereocenters. The molecule has 0 saturated carbocycles. The van der Waals surface area contributed by atoms with Gasteiger partial charge in [0.2, 0.25) is 0 Å². The number of ketones is 1. The molecule has 1 aliphatic heterocycles. The molecule has 7 heteroatoms. The highest BCUT2D eigenvalue weighted by molar-refractivity contribution is 5.94. The number of ether oxygens (including phenoxy) is 1. The number of amides is 1. The predicted molar refractivity (Wildman–Crippen MR) is 100 cm³/mol. The largest absolute Gasteiger partial charge is 0.484 e. The van der Waals surface area contributed by atoms with E-state index in [1.807, 2.05) is 0 Å². The first-order valence-electron chi connectivity index (χ1n) is 9.13. The lowest BCUT2D eigenvalue weighted by Crippen LogP contribution is -2.51. The molecule has 0 aromatic heterocycles. The molecule has 1 heterocycles. The molecule has 0 spiro atoms. The van der Waals surface area contributed by atoms with Crippen molar-refractivity contribution in [1.29, 1.82) is 0 Å². The fourth-order valence-electron chi connectivity index (χ4n) is 3.35. The van der Waals surface area contributed by atoms with Crippen LogP contribution in [0.4, 0.5) is 8.78 Å². The number of rotatable bonds is 6. The summed E-state index contributed by atoms with van der Waals surface area (Å²) >= 11 is 0. The molecular weight excluding hydrogens is 366 g/mol. The Kier molecular flexibility index (Phi) is 6.36. The Balaban J connectivity index is 1.62. The van der Waals surface area contributed by atoms with E-state index in [1.165, 1.54) is 13.0 Å². The van der Waals surface area contributed by atoms with E-state index in [0.29, 0.717) is 29.8 Å². The zero-order valence-electron chi connectivity index (χ0n) is 15.5. The molecule has 2 atom stereocenters. The minimum atomic E-state index is -0.894. The number of Topliss-reactive ketones (excluding diaryl/α,β-unsaturated/α-hetero) is 1. The van der Waals surface area contributed by atoms with Crippen molar-refractivity contribution in [3.05, 3.63) is 65.2 Å². The quantitative estimate of drug-likeness (QED) is 0.747. The number of benzene rings is 2. The summed E-state index contributed by atoms with van der Waals surface area (Å²) in [5, 5.41) is 6.10.